The van der Waals surface area contributed by atoms with E-state index in [1.807, 2.05) is 45.9 Å². The minimum atomic E-state index is -0.163. The summed E-state index contributed by atoms with van der Waals surface area (Å²) in [6, 6.07) is 5.59. The molecule has 0 heterocycles. The zero-order chi connectivity index (χ0) is 13.8. The van der Waals surface area contributed by atoms with Crippen molar-refractivity contribution in [3.8, 4) is 5.75 Å². The summed E-state index contributed by atoms with van der Waals surface area (Å²) in [4.78, 5) is 0. The number of benzene rings is 1. The van der Waals surface area contributed by atoms with Crippen molar-refractivity contribution in [1.29, 1.82) is 0 Å². The maximum absolute atomic E-state index is 9.21. The van der Waals surface area contributed by atoms with Crippen LogP contribution in [-0.2, 0) is 0 Å². The molecule has 1 aromatic carbocycles. The highest BCUT2D eigenvalue weighted by atomic mass is 16.5. The Morgan fingerprint density at radius 1 is 1.33 bits per heavy atom. The number of hydrogen-bond acceptors (Lipinski definition) is 4. The average Bonchev–Trinajstić information content (AvgIpc) is 2.25. The van der Waals surface area contributed by atoms with Gasteiger partial charge < -0.3 is 20.9 Å². The highest BCUT2D eigenvalue weighted by Crippen LogP contribution is 2.24. The van der Waals surface area contributed by atoms with E-state index >= 15 is 0 Å². The average molecular weight is 252 g/mol. The number of nitrogen functional groups attached to an aromatic ring is 1. The van der Waals surface area contributed by atoms with E-state index in [0.29, 0.717) is 12.2 Å². The first-order chi connectivity index (χ1) is 8.32. The molecule has 0 aliphatic rings. The number of rotatable bonds is 6. The maximum Gasteiger partial charge on any atom is 0.123 e. The van der Waals surface area contributed by atoms with Crippen LogP contribution < -0.4 is 15.8 Å². The van der Waals surface area contributed by atoms with Crippen molar-refractivity contribution in [3.63, 3.8) is 0 Å². The van der Waals surface area contributed by atoms with E-state index in [4.69, 9.17) is 10.5 Å². The van der Waals surface area contributed by atoms with Gasteiger partial charge in [-0.2, -0.15) is 0 Å². The van der Waals surface area contributed by atoms with Crippen molar-refractivity contribution < 1.29 is 9.84 Å². The number of aliphatic hydroxyl groups excluding tert-OH is 1. The van der Waals surface area contributed by atoms with E-state index in [1.54, 1.807) is 0 Å². The molecule has 0 fully saturated rings. The molecule has 0 aromatic heterocycles. The third kappa shape index (κ3) is 4.84. The quantitative estimate of drug-likeness (QED) is 0.680. The van der Waals surface area contributed by atoms with Gasteiger partial charge in [0.15, 0.2) is 0 Å². The maximum atomic E-state index is 9.21. The molecule has 0 atom stereocenters. The number of nitrogens with two attached hydrogens (primary N) is 1. The Kier molecular flexibility index (Phi) is 4.84. The molecule has 4 N–H and O–H groups in total. The Bertz CT molecular complexity index is 389. The predicted octanol–water partition coefficient (Wildman–Crippen LogP) is 2.49. The Morgan fingerprint density at radius 3 is 2.56 bits per heavy atom. The van der Waals surface area contributed by atoms with Gasteiger partial charge in [-0.1, -0.05) is 13.8 Å². The van der Waals surface area contributed by atoms with Crippen molar-refractivity contribution in [2.45, 2.75) is 33.8 Å². The van der Waals surface area contributed by atoms with Crippen LogP contribution in [0.25, 0.3) is 0 Å². The van der Waals surface area contributed by atoms with Crippen LogP contribution in [0, 0.1) is 5.41 Å². The monoisotopic (exact) mass is 252 g/mol. The van der Waals surface area contributed by atoms with E-state index in [-0.39, 0.29) is 18.1 Å². The van der Waals surface area contributed by atoms with Crippen molar-refractivity contribution in [2.75, 3.05) is 24.2 Å². The summed E-state index contributed by atoms with van der Waals surface area (Å²) in [6.45, 7) is 8.76. The molecule has 0 saturated carbocycles. The molecule has 0 amide bonds. The number of anilines is 2. The van der Waals surface area contributed by atoms with Crippen LogP contribution in [0.1, 0.15) is 27.7 Å². The van der Waals surface area contributed by atoms with Crippen LogP contribution in [0.4, 0.5) is 11.4 Å². The first-order valence-corrected chi connectivity index (χ1v) is 6.24. The van der Waals surface area contributed by atoms with Crippen LogP contribution in [0.3, 0.4) is 0 Å². The van der Waals surface area contributed by atoms with Gasteiger partial charge in [0.2, 0.25) is 0 Å². The summed E-state index contributed by atoms with van der Waals surface area (Å²) in [5.74, 6) is 0.759. The number of ether oxygens (including phenoxy) is 1. The Hall–Kier alpha value is -1.42. The smallest absolute Gasteiger partial charge is 0.123 e. The van der Waals surface area contributed by atoms with Crippen LogP contribution >= 0.6 is 0 Å². The van der Waals surface area contributed by atoms with Gasteiger partial charge in [-0.25, -0.2) is 0 Å². The van der Waals surface area contributed by atoms with Gasteiger partial charge in [-0.15, -0.1) is 0 Å². The van der Waals surface area contributed by atoms with Crippen molar-refractivity contribution >= 4 is 11.4 Å². The zero-order valence-electron chi connectivity index (χ0n) is 11.7. The van der Waals surface area contributed by atoms with E-state index in [2.05, 4.69) is 5.32 Å². The fourth-order valence-electron chi connectivity index (χ4n) is 1.46. The van der Waals surface area contributed by atoms with Crippen LogP contribution in [0.5, 0.6) is 5.75 Å². The van der Waals surface area contributed by atoms with Crippen molar-refractivity contribution in [1.82, 2.24) is 0 Å². The van der Waals surface area contributed by atoms with Gasteiger partial charge >= 0.3 is 0 Å². The number of nitrogens with one attached hydrogen (secondary N) is 1. The largest absolute Gasteiger partial charge is 0.491 e. The summed E-state index contributed by atoms with van der Waals surface area (Å²) in [5.41, 5.74) is 7.25. The Balaban J connectivity index is 2.74. The zero-order valence-corrected chi connectivity index (χ0v) is 11.7. The minimum Gasteiger partial charge on any atom is -0.491 e. The van der Waals surface area contributed by atoms with Crippen molar-refractivity contribution in [2.24, 2.45) is 5.41 Å². The topological polar surface area (TPSA) is 67.5 Å². The van der Waals surface area contributed by atoms with Gasteiger partial charge in [0.1, 0.15) is 5.75 Å². The second kappa shape index (κ2) is 5.96. The van der Waals surface area contributed by atoms with E-state index in [1.165, 1.54) is 0 Å². The van der Waals surface area contributed by atoms with E-state index in [9.17, 15) is 5.11 Å². The summed E-state index contributed by atoms with van der Waals surface area (Å²) in [6.07, 6.45) is 0.119. The standard InChI is InChI=1S/C14H24N2O2/c1-10(2)18-13-6-11(15)5-12(7-13)16-8-14(3,4)9-17/h5-7,10,16-17H,8-9,15H2,1-4H3. The van der Waals surface area contributed by atoms with E-state index < -0.39 is 0 Å². The first kappa shape index (κ1) is 14.6. The third-order valence-electron chi connectivity index (χ3n) is 2.50. The molecule has 0 saturated heterocycles. The molecule has 18 heavy (non-hydrogen) atoms. The molecule has 1 aromatic rings. The van der Waals surface area contributed by atoms with Gasteiger partial charge in [0.05, 0.1) is 6.10 Å². The molecular formula is C14H24N2O2. The lowest BCUT2D eigenvalue weighted by molar-refractivity contribution is 0.171. The molecule has 0 aliphatic carbocycles. The molecule has 1 rings (SSSR count). The normalized spacial score (nSPS) is 11.7. The van der Waals surface area contributed by atoms with Crippen LogP contribution in [0.15, 0.2) is 18.2 Å². The highest BCUT2D eigenvalue weighted by molar-refractivity contribution is 5.59. The fraction of sp³-hybridized carbons (Fsp3) is 0.571. The SMILES string of the molecule is CC(C)Oc1cc(N)cc(NCC(C)(C)CO)c1. The number of aliphatic hydroxyl groups is 1. The fourth-order valence-corrected chi connectivity index (χ4v) is 1.46. The van der Waals surface area contributed by atoms with Gasteiger partial charge in [0.25, 0.3) is 0 Å². The molecule has 4 heteroatoms. The molecular weight excluding hydrogens is 228 g/mol. The predicted molar refractivity (Wildman–Crippen MR) is 76.0 cm³/mol. The summed E-state index contributed by atoms with van der Waals surface area (Å²) >= 11 is 0. The minimum absolute atomic E-state index is 0.119. The molecule has 0 bridgehead atoms. The highest BCUT2D eigenvalue weighted by Gasteiger charge is 2.16. The molecule has 102 valence electrons. The Morgan fingerprint density at radius 2 is 2.00 bits per heavy atom. The number of hydrogen-bond donors (Lipinski definition) is 3. The Labute approximate surface area is 109 Å². The lowest BCUT2D eigenvalue weighted by atomic mass is 9.95. The molecule has 4 nitrogen and oxygen atoms in total. The summed E-state index contributed by atoms with van der Waals surface area (Å²) in [5, 5.41) is 12.5. The van der Waals surface area contributed by atoms with E-state index in [0.717, 1.165) is 11.4 Å². The molecule has 0 unspecified atom stereocenters. The van der Waals surface area contributed by atoms with Gasteiger partial charge in [0, 0.05) is 42.1 Å². The lowest BCUT2D eigenvalue weighted by Crippen LogP contribution is -2.26. The molecule has 0 radical (unpaired) electrons. The van der Waals surface area contributed by atoms with Crippen molar-refractivity contribution in [3.05, 3.63) is 18.2 Å². The lowest BCUT2D eigenvalue weighted by Gasteiger charge is -2.23. The van der Waals surface area contributed by atoms with Crippen LogP contribution in [0.2, 0.25) is 0 Å². The van der Waals surface area contributed by atoms with Gasteiger partial charge in [-0.05, 0) is 19.9 Å². The van der Waals surface area contributed by atoms with Crippen LogP contribution in [-0.4, -0.2) is 24.4 Å². The third-order valence-corrected chi connectivity index (χ3v) is 2.50. The summed E-state index contributed by atoms with van der Waals surface area (Å²) < 4.78 is 5.62. The second-order valence-corrected chi connectivity index (χ2v) is 5.63. The first-order valence-electron chi connectivity index (χ1n) is 6.24. The molecule has 0 aliphatic heterocycles. The summed E-state index contributed by atoms with van der Waals surface area (Å²) in [7, 11) is 0. The van der Waals surface area contributed by atoms with Gasteiger partial charge in [-0.3, -0.25) is 0 Å². The second-order valence-electron chi connectivity index (χ2n) is 5.63. The molecule has 0 spiro atoms.